The summed E-state index contributed by atoms with van der Waals surface area (Å²) in [7, 11) is -3.51. The highest BCUT2D eigenvalue weighted by Crippen LogP contribution is 2.22. The van der Waals surface area contributed by atoms with Crippen molar-refractivity contribution in [1.82, 2.24) is 15.2 Å². The van der Waals surface area contributed by atoms with E-state index in [0.717, 1.165) is 6.26 Å². The summed E-state index contributed by atoms with van der Waals surface area (Å²) in [6.07, 6.45) is 1.02. The maximum absolute atomic E-state index is 12.0. The van der Waals surface area contributed by atoms with Crippen LogP contribution in [-0.2, 0) is 9.84 Å². The Morgan fingerprint density at radius 1 is 1.40 bits per heavy atom. The second-order valence-corrected chi connectivity index (χ2v) is 6.51. The van der Waals surface area contributed by atoms with E-state index in [1.54, 1.807) is 6.92 Å². The first-order valence-corrected chi connectivity index (χ1v) is 7.74. The van der Waals surface area contributed by atoms with Gasteiger partial charge in [0.15, 0.2) is 9.84 Å². The number of aryl methyl sites for hydroxylation is 1. The summed E-state index contributed by atoms with van der Waals surface area (Å²) in [5, 5.41) is 8.85. The number of hydrogen-bond donors (Lipinski definition) is 2. The highest BCUT2D eigenvalue weighted by Gasteiger charge is 2.16. The molecule has 0 aliphatic rings. The molecule has 7 nitrogen and oxygen atoms in total. The zero-order valence-electron chi connectivity index (χ0n) is 10.6. The molecule has 2 rings (SSSR count). The molecule has 0 spiro atoms. The minimum atomic E-state index is -3.51. The summed E-state index contributed by atoms with van der Waals surface area (Å²) < 4.78 is 23.1. The van der Waals surface area contributed by atoms with Gasteiger partial charge in [-0.1, -0.05) is 11.6 Å². The van der Waals surface area contributed by atoms with Crippen LogP contribution >= 0.6 is 11.6 Å². The van der Waals surface area contributed by atoms with Crippen LogP contribution < -0.4 is 5.32 Å². The van der Waals surface area contributed by atoms with E-state index in [2.05, 4.69) is 20.5 Å². The van der Waals surface area contributed by atoms with Crippen molar-refractivity contribution in [2.75, 3.05) is 11.6 Å². The lowest BCUT2D eigenvalue weighted by Gasteiger charge is -2.05. The molecule has 0 saturated carbocycles. The normalized spacial score (nSPS) is 11.3. The van der Waals surface area contributed by atoms with Gasteiger partial charge in [0.2, 0.25) is 5.95 Å². The van der Waals surface area contributed by atoms with E-state index < -0.39 is 15.7 Å². The van der Waals surface area contributed by atoms with Crippen LogP contribution in [0.5, 0.6) is 0 Å². The Bertz CT molecular complexity index is 770. The van der Waals surface area contributed by atoms with Crippen molar-refractivity contribution in [1.29, 1.82) is 0 Å². The fourth-order valence-electron chi connectivity index (χ4n) is 1.50. The molecule has 1 aromatic heterocycles. The Hall–Kier alpha value is -1.93. The molecule has 1 amide bonds. The summed E-state index contributed by atoms with van der Waals surface area (Å²) in [6, 6.07) is 3.99. The minimum absolute atomic E-state index is 0.0674. The molecule has 0 aliphatic heterocycles. The van der Waals surface area contributed by atoms with Gasteiger partial charge < -0.3 is 0 Å². The molecule has 0 fully saturated rings. The Labute approximate surface area is 120 Å². The van der Waals surface area contributed by atoms with Crippen molar-refractivity contribution >= 4 is 33.3 Å². The molecule has 2 N–H and O–H groups in total. The lowest BCUT2D eigenvalue weighted by Crippen LogP contribution is -2.14. The predicted molar refractivity (Wildman–Crippen MR) is 73.6 cm³/mol. The molecule has 20 heavy (non-hydrogen) atoms. The number of amides is 1. The van der Waals surface area contributed by atoms with Crippen LogP contribution in [-0.4, -0.2) is 35.8 Å². The molecular weight excluding hydrogens is 304 g/mol. The first-order valence-electron chi connectivity index (χ1n) is 5.47. The zero-order valence-corrected chi connectivity index (χ0v) is 12.2. The summed E-state index contributed by atoms with van der Waals surface area (Å²) >= 11 is 5.81. The summed E-state index contributed by atoms with van der Waals surface area (Å²) in [5.41, 5.74) is 0.150. The van der Waals surface area contributed by atoms with E-state index in [-0.39, 0.29) is 21.4 Å². The Morgan fingerprint density at radius 3 is 2.65 bits per heavy atom. The van der Waals surface area contributed by atoms with E-state index in [4.69, 9.17) is 11.6 Å². The van der Waals surface area contributed by atoms with Crippen LogP contribution in [0, 0.1) is 6.92 Å². The maximum Gasteiger partial charge on any atom is 0.258 e. The fourth-order valence-corrected chi connectivity index (χ4v) is 2.80. The van der Waals surface area contributed by atoms with Crippen LogP contribution in [0.2, 0.25) is 5.02 Å². The SMILES string of the molecule is Cc1nc(NC(=O)c2ccc(Cl)c(S(C)(=O)=O)c2)n[nH]1. The maximum atomic E-state index is 12.0. The largest absolute Gasteiger partial charge is 0.289 e. The number of hydrogen-bond acceptors (Lipinski definition) is 5. The Kier molecular flexibility index (Phi) is 3.78. The van der Waals surface area contributed by atoms with Crippen LogP contribution in [0.25, 0.3) is 0 Å². The molecule has 0 atom stereocenters. The quantitative estimate of drug-likeness (QED) is 0.891. The molecule has 2 aromatic rings. The molecule has 106 valence electrons. The van der Waals surface area contributed by atoms with E-state index >= 15 is 0 Å². The summed E-state index contributed by atoms with van der Waals surface area (Å²) in [4.78, 5) is 15.8. The Balaban J connectivity index is 2.31. The molecule has 0 aliphatic carbocycles. The smallest absolute Gasteiger partial charge is 0.258 e. The topological polar surface area (TPSA) is 105 Å². The number of carbonyl (C=O) groups is 1. The van der Waals surface area contributed by atoms with Crippen LogP contribution in [0.4, 0.5) is 5.95 Å². The van der Waals surface area contributed by atoms with Gasteiger partial charge in [0, 0.05) is 11.8 Å². The third-order valence-electron chi connectivity index (χ3n) is 2.42. The average molecular weight is 315 g/mol. The van der Waals surface area contributed by atoms with E-state index in [1.807, 2.05) is 0 Å². The number of nitrogens with one attached hydrogen (secondary N) is 2. The Morgan fingerprint density at radius 2 is 2.10 bits per heavy atom. The van der Waals surface area contributed by atoms with E-state index in [0.29, 0.717) is 5.82 Å². The third kappa shape index (κ3) is 3.14. The number of aromatic nitrogens is 3. The number of anilines is 1. The average Bonchev–Trinajstić information content (AvgIpc) is 2.73. The second-order valence-electron chi connectivity index (χ2n) is 4.12. The van der Waals surface area contributed by atoms with Crippen molar-refractivity contribution in [3.63, 3.8) is 0 Å². The van der Waals surface area contributed by atoms with Gasteiger partial charge >= 0.3 is 0 Å². The van der Waals surface area contributed by atoms with Gasteiger partial charge in [-0.25, -0.2) is 8.42 Å². The predicted octanol–water partition coefficient (Wildman–Crippen LogP) is 1.42. The van der Waals surface area contributed by atoms with Crippen molar-refractivity contribution in [2.45, 2.75) is 11.8 Å². The number of benzene rings is 1. The molecule has 0 unspecified atom stereocenters. The van der Waals surface area contributed by atoms with Crippen LogP contribution in [0.15, 0.2) is 23.1 Å². The molecule has 0 saturated heterocycles. The van der Waals surface area contributed by atoms with Gasteiger partial charge in [-0.15, -0.1) is 5.10 Å². The van der Waals surface area contributed by atoms with Gasteiger partial charge in [0.1, 0.15) is 5.82 Å². The highest BCUT2D eigenvalue weighted by atomic mass is 35.5. The molecule has 9 heteroatoms. The van der Waals surface area contributed by atoms with E-state index in [9.17, 15) is 13.2 Å². The van der Waals surface area contributed by atoms with Crippen LogP contribution in [0.1, 0.15) is 16.2 Å². The molecule has 1 aromatic carbocycles. The third-order valence-corrected chi connectivity index (χ3v) is 3.99. The summed E-state index contributed by atoms with van der Waals surface area (Å²) in [6.45, 7) is 1.69. The van der Waals surface area contributed by atoms with Crippen LogP contribution in [0.3, 0.4) is 0 Å². The fraction of sp³-hybridized carbons (Fsp3) is 0.182. The molecule has 0 bridgehead atoms. The lowest BCUT2D eigenvalue weighted by atomic mass is 10.2. The monoisotopic (exact) mass is 314 g/mol. The number of nitrogens with zero attached hydrogens (tertiary/aromatic N) is 2. The number of aromatic amines is 1. The molecule has 1 heterocycles. The van der Waals surface area contributed by atoms with Crippen molar-refractivity contribution in [2.24, 2.45) is 0 Å². The lowest BCUT2D eigenvalue weighted by molar-refractivity contribution is 0.102. The number of H-pyrrole nitrogens is 1. The minimum Gasteiger partial charge on any atom is -0.289 e. The van der Waals surface area contributed by atoms with Crippen molar-refractivity contribution in [3.05, 3.63) is 34.6 Å². The van der Waals surface area contributed by atoms with Gasteiger partial charge in [-0.2, -0.15) is 4.98 Å². The van der Waals surface area contributed by atoms with Crippen molar-refractivity contribution < 1.29 is 13.2 Å². The second kappa shape index (κ2) is 5.22. The number of sulfone groups is 1. The number of halogens is 1. The highest BCUT2D eigenvalue weighted by molar-refractivity contribution is 7.90. The first kappa shape index (κ1) is 14.5. The van der Waals surface area contributed by atoms with Gasteiger partial charge in [0.25, 0.3) is 5.91 Å². The number of rotatable bonds is 3. The van der Waals surface area contributed by atoms with E-state index in [1.165, 1.54) is 18.2 Å². The standard InChI is InChI=1S/C11H11ClN4O3S/c1-6-13-11(16-15-6)14-10(17)7-3-4-8(12)9(5-7)20(2,18)19/h3-5H,1-2H3,(H2,13,14,15,16,17). The van der Waals surface area contributed by atoms with Gasteiger partial charge in [-0.3, -0.25) is 15.2 Å². The van der Waals surface area contributed by atoms with Gasteiger partial charge in [-0.05, 0) is 25.1 Å². The molecular formula is C11H11ClN4O3S. The summed E-state index contributed by atoms with van der Waals surface area (Å²) in [5.74, 6) is 0.141. The molecule has 0 radical (unpaired) electrons. The first-order chi connectivity index (χ1) is 9.27. The van der Waals surface area contributed by atoms with Crippen molar-refractivity contribution in [3.8, 4) is 0 Å². The zero-order chi connectivity index (χ0) is 14.9. The van der Waals surface area contributed by atoms with Gasteiger partial charge in [0.05, 0.1) is 9.92 Å². The number of carbonyl (C=O) groups excluding carboxylic acids is 1.